The molecule has 18 heavy (non-hydrogen) atoms. The van der Waals surface area contributed by atoms with Crippen molar-refractivity contribution in [2.24, 2.45) is 0 Å². The van der Waals surface area contributed by atoms with Crippen LogP contribution in [0.5, 0.6) is 0 Å². The van der Waals surface area contributed by atoms with Gasteiger partial charge in [-0.05, 0) is 37.9 Å². The van der Waals surface area contributed by atoms with Crippen LogP contribution in [-0.4, -0.2) is 49.3 Å². The minimum Gasteiger partial charge on any atom is -0.379 e. The number of nitrogens with zero attached hydrogens (tertiary/aromatic N) is 2. The van der Waals surface area contributed by atoms with Crippen molar-refractivity contribution in [1.29, 1.82) is 0 Å². The molecule has 0 radical (unpaired) electrons. The number of ether oxygens (including phenoxy) is 1. The van der Waals surface area contributed by atoms with Gasteiger partial charge in [0.2, 0.25) is 0 Å². The van der Waals surface area contributed by atoms with Gasteiger partial charge in [-0.2, -0.15) is 0 Å². The molecule has 1 aliphatic heterocycles. The topological polar surface area (TPSA) is 37.4 Å². The molecule has 1 aromatic heterocycles. The first-order valence-corrected chi connectivity index (χ1v) is 7.65. The van der Waals surface area contributed by atoms with E-state index in [4.69, 9.17) is 4.74 Å². The Morgan fingerprint density at radius 1 is 1.33 bits per heavy atom. The molecule has 6 heteroatoms. The third kappa shape index (κ3) is 4.59. The number of hydrogen-bond acceptors (Lipinski definition) is 4. The SMILES string of the molecule is Brc1cnc(CNCCN2CCOCC2)c(Br)c1. The van der Waals surface area contributed by atoms with Crippen molar-refractivity contribution >= 4 is 31.9 Å². The standard InChI is InChI=1S/C12H17Br2N3O/c13-10-7-11(14)12(16-8-10)9-15-1-2-17-3-5-18-6-4-17/h7-8,15H,1-6,9H2. The van der Waals surface area contributed by atoms with Crippen LogP contribution in [0.4, 0.5) is 0 Å². The highest BCUT2D eigenvalue weighted by atomic mass is 79.9. The molecule has 2 rings (SSSR count). The summed E-state index contributed by atoms with van der Waals surface area (Å²) in [4.78, 5) is 6.79. The van der Waals surface area contributed by atoms with Gasteiger partial charge in [0.25, 0.3) is 0 Å². The monoisotopic (exact) mass is 377 g/mol. The van der Waals surface area contributed by atoms with Crippen LogP contribution in [0, 0.1) is 0 Å². The van der Waals surface area contributed by atoms with Gasteiger partial charge in [-0.1, -0.05) is 0 Å². The summed E-state index contributed by atoms with van der Waals surface area (Å²) in [6, 6.07) is 2.02. The lowest BCUT2D eigenvalue weighted by molar-refractivity contribution is 0.0384. The van der Waals surface area contributed by atoms with Crippen LogP contribution in [0.15, 0.2) is 21.2 Å². The Balaban J connectivity index is 1.68. The van der Waals surface area contributed by atoms with Gasteiger partial charge in [-0.15, -0.1) is 0 Å². The number of pyridine rings is 1. The molecule has 0 unspecified atom stereocenters. The van der Waals surface area contributed by atoms with Gasteiger partial charge in [0.1, 0.15) is 0 Å². The van der Waals surface area contributed by atoms with Gasteiger partial charge in [0.05, 0.1) is 18.9 Å². The molecule has 0 aromatic carbocycles. The second-order valence-corrected chi connectivity index (χ2v) is 5.98. The summed E-state index contributed by atoms with van der Waals surface area (Å²) in [6.45, 7) is 6.64. The first-order valence-electron chi connectivity index (χ1n) is 6.06. The second kappa shape index (κ2) is 7.55. The lowest BCUT2D eigenvalue weighted by Gasteiger charge is -2.26. The Morgan fingerprint density at radius 3 is 2.83 bits per heavy atom. The van der Waals surface area contributed by atoms with Gasteiger partial charge in [-0.25, -0.2) is 0 Å². The van der Waals surface area contributed by atoms with E-state index in [9.17, 15) is 0 Å². The molecule has 2 heterocycles. The van der Waals surface area contributed by atoms with Crippen LogP contribution in [0.25, 0.3) is 0 Å². The Labute approximate surface area is 124 Å². The van der Waals surface area contributed by atoms with E-state index in [0.29, 0.717) is 0 Å². The summed E-state index contributed by atoms with van der Waals surface area (Å²) >= 11 is 6.92. The fourth-order valence-electron chi connectivity index (χ4n) is 1.84. The number of morpholine rings is 1. The summed E-state index contributed by atoms with van der Waals surface area (Å²) in [6.07, 6.45) is 1.82. The maximum Gasteiger partial charge on any atom is 0.0684 e. The summed E-state index contributed by atoms with van der Waals surface area (Å²) in [5.41, 5.74) is 1.04. The van der Waals surface area contributed by atoms with E-state index in [1.807, 2.05) is 12.3 Å². The number of nitrogens with one attached hydrogen (secondary N) is 1. The predicted octanol–water partition coefficient (Wildman–Crippen LogP) is 2.03. The van der Waals surface area contributed by atoms with Crippen LogP contribution < -0.4 is 5.32 Å². The number of aromatic nitrogens is 1. The molecule has 0 saturated carbocycles. The summed E-state index contributed by atoms with van der Waals surface area (Å²) in [7, 11) is 0. The Morgan fingerprint density at radius 2 is 2.11 bits per heavy atom. The molecule has 100 valence electrons. The van der Waals surface area contributed by atoms with E-state index >= 15 is 0 Å². The summed E-state index contributed by atoms with van der Waals surface area (Å²) in [5, 5.41) is 3.42. The molecule has 1 N–H and O–H groups in total. The van der Waals surface area contributed by atoms with Crippen molar-refractivity contribution in [1.82, 2.24) is 15.2 Å². The Kier molecular flexibility index (Phi) is 6.04. The molecule has 4 nitrogen and oxygen atoms in total. The van der Waals surface area contributed by atoms with Crippen LogP contribution in [0.2, 0.25) is 0 Å². The van der Waals surface area contributed by atoms with Crippen molar-refractivity contribution in [3.8, 4) is 0 Å². The molecule has 0 spiro atoms. The number of halogens is 2. The van der Waals surface area contributed by atoms with Gasteiger partial charge in [-0.3, -0.25) is 9.88 Å². The average molecular weight is 379 g/mol. The van der Waals surface area contributed by atoms with Gasteiger partial charge >= 0.3 is 0 Å². The van der Waals surface area contributed by atoms with Crippen molar-refractivity contribution in [3.05, 3.63) is 26.9 Å². The van der Waals surface area contributed by atoms with E-state index in [2.05, 4.69) is 47.1 Å². The molecule has 1 aliphatic rings. The normalized spacial score (nSPS) is 17.0. The molecule has 1 aromatic rings. The maximum absolute atomic E-state index is 5.32. The lowest BCUT2D eigenvalue weighted by atomic mass is 10.3. The van der Waals surface area contributed by atoms with Crippen LogP contribution in [0.1, 0.15) is 5.69 Å². The first kappa shape index (κ1) is 14.4. The van der Waals surface area contributed by atoms with E-state index < -0.39 is 0 Å². The molecular formula is C12H17Br2N3O. The van der Waals surface area contributed by atoms with Crippen LogP contribution in [0.3, 0.4) is 0 Å². The lowest BCUT2D eigenvalue weighted by Crippen LogP contribution is -2.40. The highest BCUT2D eigenvalue weighted by Gasteiger charge is 2.09. The molecule has 0 bridgehead atoms. The second-order valence-electron chi connectivity index (χ2n) is 4.21. The van der Waals surface area contributed by atoms with Crippen molar-refractivity contribution in [2.45, 2.75) is 6.54 Å². The highest BCUT2D eigenvalue weighted by molar-refractivity contribution is 9.11. The predicted molar refractivity (Wildman–Crippen MR) is 78.6 cm³/mol. The largest absolute Gasteiger partial charge is 0.379 e. The summed E-state index contributed by atoms with van der Waals surface area (Å²) < 4.78 is 7.35. The van der Waals surface area contributed by atoms with Gasteiger partial charge in [0.15, 0.2) is 0 Å². The zero-order chi connectivity index (χ0) is 12.8. The average Bonchev–Trinajstić information content (AvgIpc) is 2.38. The molecule has 0 atom stereocenters. The van der Waals surface area contributed by atoms with Crippen molar-refractivity contribution in [2.75, 3.05) is 39.4 Å². The van der Waals surface area contributed by atoms with E-state index in [0.717, 1.165) is 60.6 Å². The van der Waals surface area contributed by atoms with Crippen molar-refractivity contribution in [3.63, 3.8) is 0 Å². The van der Waals surface area contributed by atoms with E-state index in [1.54, 1.807) is 0 Å². The van der Waals surface area contributed by atoms with E-state index in [1.165, 1.54) is 0 Å². The summed E-state index contributed by atoms with van der Waals surface area (Å²) in [5.74, 6) is 0. The highest BCUT2D eigenvalue weighted by Crippen LogP contribution is 2.19. The third-order valence-corrected chi connectivity index (χ3v) is 4.01. The smallest absolute Gasteiger partial charge is 0.0684 e. The van der Waals surface area contributed by atoms with Crippen molar-refractivity contribution < 1.29 is 4.74 Å². The molecular weight excluding hydrogens is 362 g/mol. The fraction of sp³-hybridized carbons (Fsp3) is 0.583. The van der Waals surface area contributed by atoms with Crippen LogP contribution >= 0.6 is 31.9 Å². The minimum atomic E-state index is 0.790. The van der Waals surface area contributed by atoms with Crippen LogP contribution in [-0.2, 0) is 11.3 Å². The van der Waals surface area contributed by atoms with Gasteiger partial charge in [0, 0.05) is 47.9 Å². The Bertz CT molecular complexity index is 384. The maximum atomic E-state index is 5.32. The molecule has 0 amide bonds. The van der Waals surface area contributed by atoms with Gasteiger partial charge < -0.3 is 10.1 Å². The zero-order valence-corrected chi connectivity index (χ0v) is 13.3. The fourth-order valence-corrected chi connectivity index (χ4v) is 2.97. The first-order chi connectivity index (χ1) is 8.75. The molecule has 1 fully saturated rings. The minimum absolute atomic E-state index is 0.790. The number of rotatable bonds is 5. The Hall–Kier alpha value is -0.0100. The van der Waals surface area contributed by atoms with E-state index in [-0.39, 0.29) is 0 Å². The number of hydrogen-bond donors (Lipinski definition) is 1. The quantitative estimate of drug-likeness (QED) is 0.795. The third-order valence-electron chi connectivity index (χ3n) is 2.88. The zero-order valence-electron chi connectivity index (χ0n) is 10.2. The molecule has 1 saturated heterocycles. The molecule has 0 aliphatic carbocycles.